The Labute approximate surface area is 189 Å². The summed E-state index contributed by atoms with van der Waals surface area (Å²) in [6, 6.07) is 0. The summed E-state index contributed by atoms with van der Waals surface area (Å²) in [5.41, 5.74) is 0. The average molecular weight is 480 g/mol. The fraction of sp³-hybridized carbons (Fsp3) is 0.842. The summed E-state index contributed by atoms with van der Waals surface area (Å²) in [5.74, 6) is -2.95. The van der Waals surface area contributed by atoms with Crippen molar-refractivity contribution < 1.29 is 38.8 Å². The van der Waals surface area contributed by atoms with Crippen LogP contribution in [0.15, 0.2) is 0 Å². The molecule has 1 aliphatic heterocycles. The Morgan fingerprint density at radius 2 is 1.00 bits per heavy atom. The average Bonchev–Trinajstić information content (AvgIpc) is 2.69. The van der Waals surface area contributed by atoms with E-state index >= 15 is 0 Å². The largest absolute Gasteiger partial charge is 0.480 e. The van der Waals surface area contributed by atoms with E-state index in [1.54, 1.807) is 28.5 Å². The van der Waals surface area contributed by atoms with Gasteiger partial charge in [0.15, 0.2) is 0 Å². The molecule has 1 atom stereocenters. The smallest absolute Gasteiger partial charge is 0.317 e. The Hall–Kier alpha value is -1.56. The van der Waals surface area contributed by atoms with Gasteiger partial charge >= 0.3 is 17.9 Å². The van der Waals surface area contributed by atoms with E-state index in [9.17, 15) is 34.3 Å². The molecule has 13 heteroatoms. The first-order chi connectivity index (χ1) is 15.1. The molecule has 32 heavy (non-hydrogen) atoms. The summed E-state index contributed by atoms with van der Waals surface area (Å²) in [6.07, 6.45) is 0.587. The molecular weight excluding hydrogens is 443 g/mol. The summed E-state index contributed by atoms with van der Waals surface area (Å²) in [6.45, 7) is 6.37. The lowest BCUT2D eigenvalue weighted by atomic mass is 10.3. The van der Waals surface area contributed by atoms with E-state index in [0.29, 0.717) is 65.1 Å². The predicted octanol–water partition coefficient (Wildman–Crippen LogP) is -0.246. The second kappa shape index (κ2) is 14.6. The second-order valence-corrected chi connectivity index (χ2v) is 10.6. The Bertz CT molecular complexity index is 633. The van der Waals surface area contributed by atoms with Gasteiger partial charge in [-0.25, -0.2) is 0 Å². The van der Waals surface area contributed by atoms with Crippen LogP contribution in [-0.2, 0) is 23.5 Å². The highest BCUT2D eigenvalue weighted by Gasteiger charge is 2.26. The quantitative estimate of drug-likeness (QED) is 0.335. The van der Waals surface area contributed by atoms with Crippen LogP contribution >= 0.6 is 7.37 Å². The Balaban J connectivity index is 3.03. The summed E-state index contributed by atoms with van der Waals surface area (Å²) in [5, 5.41) is 27.7. The number of aliphatic carboxylic acids is 3. The fourth-order valence-electron chi connectivity index (χ4n) is 3.54. The molecule has 0 spiro atoms. The molecule has 0 aromatic heterocycles. The first-order valence-corrected chi connectivity index (χ1v) is 12.8. The first-order valence-electron chi connectivity index (χ1n) is 10.8. The maximum atomic E-state index is 13.0. The van der Waals surface area contributed by atoms with Gasteiger partial charge in [0, 0.05) is 58.5 Å². The van der Waals surface area contributed by atoms with E-state index in [0.717, 1.165) is 0 Å². The van der Waals surface area contributed by atoms with Gasteiger partial charge in [-0.3, -0.25) is 38.5 Å². The van der Waals surface area contributed by atoms with Crippen molar-refractivity contribution in [1.82, 2.24) is 19.6 Å². The number of carbonyl (C=O) groups is 3. The van der Waals surface area contributed by atoms with Crippen LogP contribution in [-0.4, -0.2) is 144 Å². The van der Waals surface area contributed by atoms with Crippen molar-refractivity contribution >= 4 is 25.3 Å². The minimum atomic E-state index is -2.88. The summed E-state index contributed by atoms with van der Waals surface area (Å²) < 4.78 is 18.6. The lowest BCUT2D eigenvalue weighted by molar-refractivity contribution is -0.140. The number of carboxylic acids is 3. The molecule has 0 aromatic rings. The summed E-state index contributed by atoms with van der Waals surface area (Å²) in [4.78, 5) is 40.9. The third kappa shape index (κ3) is 11.9. The van der Waals surface area contributed by atoms with Crippen molar-refractivity contribution in [2.24, 2.45) is 0 Å². The first kappa shape index (κ1) is 28.5. The van der Waals surface area contributed by atoms with Crippen molar-refractivity contribution in [2.75, 3.05) is 91.0 Å². The Morgan fingerprint density at radius 1 is 0.688 bits per heavy atom. The molecule has 0 amide bonds. The molecule has 12 nitrogen and oxygen atoms in total. The van der Waals surface area contributed by atoms with E-state index in [1.807, 2.05) is 4.90 Å². The molecule has 0 aromatic carbocycles. The minimum Gasteiger partial charge on any atom is -0.480 e. The zero-order valence-corrected chi connectivity index (χ0v) is 19.9. The van der Waals surface area contributed by atoms with Crippen LogP contribution in [0.2, 0.25) is 0 Å². The van der Waals surface area contributed by atoms with Crippen LogP contribution in [0.4, 0.5) is 0 Å². The maximum Gasteiger partial charge on any atom is 0.317 e. The van der Waals surface area contributed by atoms with Gasteiger partial charge in [0.05, 0.1) is 32.5 Å². The van der Waals surface area contributed by atoms with Crippen LogP contribution in [0.5, 0.6) is 0 Å². The van der Waals surface area contributed by atoms with E-state index in [2.05, 4.69) is 0 Å². The molecule has 0 saturated carbocycles. The normalized spacial score (nSPS) is 20.7. The predicted molar refractivity (Wildman–Crippen MR) is 118 cm³/mol. The fourth-order valence-corrected chi connectivity index (χ4v) is 5.37. The van der Waals surface area contributed by atoms with Gasteiger partial charge in [-0.15, -0.1) is 0 Å². The van der Waals surface area contributed by atoms with Crippen LogP contribution in [0.3, 0.4) is 0 Å². The van der Waals surface area contributed by atoms with Crippen molar-refractivity contribution in [3.05, 3.63) is 0 Å². The molecular formula is C19H37N4O8P. The lowest BCUT2D eigenvalue weighted by Crippen LogP contribution is -2.48. The van der Waals surface area contributed by atoms with Crippen LogP contribution in [0, 0.1) is 0 Å². The topological polar surface area (TPSA) is 151 Å². The Kier molecular flexibility index (Phi) is 13.0. The van der Waals surface area contributed by atoms with Crippen LogP contribution < -0.4 is 0 Å². The molecule has 186 valence electrons. The lowest BCUT2D eigenvalue weighted by Gasteiger charge is -2.34. The van der Waals surface area contributed by atoms with Gasteiger partial charge in [-0.2, -0.15) is 0 Å². The number of rotatable bonds is 11. The molecule has 1 aliphatic rings. The second-order valence-electron chi connectivity index (χ2n) is 7.82. The molecule has 3 N–H and O–H groups in total. The summed E-state index contributed by atoms with van der Waals surface area (Å²) in [7, 11) is -2.88. The SMILES string of the molecule is CCOP(=O)(CC)CN1CCN(CC(=O)O)CCN(CC(=O)O)CCN(CC(=O)O)CC1. The molecule has 1 saturated heterocycles. The standard InChI is InChI=1S/C19H37N4O8P/c1-3-31-32(30,4-2)16-23-11-9-21(14-18(26)27)7-5-20(13-17(24)25)6-8-22(10-12-23)15-19(28)29/h3-16H2,1-2H3,(H,24,25)(H,26,27)(H,28,29). The van der Waals surface area contributed by atoms with Crippen LogP contribution in [0.25, 0.3) is 0 Å². The van der Waals surface area contributed by atoms with Crippen molar-refractivity contribution in [2.45, 2.75) is 13.8 Å². The van der Waals surface area contributed by atoms with E-state index in [1.165, 1.54) is 0 Å². The highest BCUT2D eigenvalue weighted by molar-refractivity contribution is 7.58. The molecule has 1 heterocycles. The monoisotopic (exact) mass is 480 g/mol. The number of hydrogen-bond donors (Lipinski definition) is 3. The molecule has 0 aliphatic carbocycles. The van der Waals surface area contributed by atoms with Gasteiger partial charge in [-0.05, 0) is 6.92 Å². The van der Waals surface area contributed by atoms with Gasteiger partial charge in [0.25, 0.3) is 0 Å². The van der Waals surface area contributed by atoms with Gasteiger partial charge in [-0.1, -0.05) is 6.92 Å². The van der Waals surface area contributed by atoms with Crippen LogP contribution in [0.1, 0.15) is 13.8 Å². The number of nitrogens with zero attached hydrogens (tertiary/aromatic N) is 4. The van der Waals surface area contributed by atoms with Gasteiger partial charge in [0.2, 0.25) is 7.37 Å². The van der Waals surface area contributed by atoms with E-state index in [4.69, 9.17) is 4.52 Å². The molecule has 0 radical (unpaired) electrons. The highest BCUT2D eigenvalue weighted by Crippen LogP contribution is 2.46. The number of carboxylic acid groups (broad SMARTS) is 3. The molecule has 1 fully saturated rings. The summed E-state index contributed by atoms with van der Waals surface area (Å²) >= 11 is 0. The van der Waals surface area contributed by atoms with Crippen molar-refractivity contribution in [3.8, 4) is 0 Å². The third-order valence-corrected chi connectivity index (χ3v) is 7.79. The minimum absolute atomic E-state index is 0.184. The Morgan fingerprint density at radius 3 is 1.25 bits per heavy atom. The van der Waals surface area contributed by atoms with Gasteiger partial charge < -0.3 is 19.8 Å². The maximum absolute atomic E-state index is 13.0. The zero-order chi connectivity index (χ0) is 24.1. The number of hydrogen-bond acceptors (Lipinski definition) is 9. The third-order valence-electron chi connectivity index (χ3n) is 5.27. The van der Waals surface area contributed by atoms with E-state index < -0.39 is 25.3 Å². The van der Waals surface area contributed by atoms with Crippen molar-refractivity contribution in [1.29, 1.82) is 0 Å². The van der Waals surface area contributed by atoms with Crippen molar-refractivity contribution in [3.63, 3.8) is 0 Å². The molecule has 0 bridgehead atoms. The zero-order valence-electron chi connectivity index (χ0n) is 19.0. The van der Waals surface area contributed by atoms with Gasteiger partial charge in [0.1, 0.15) is 0 Å². The molecule has 1 unspecified atom stereocenters. The molecule has 1 rings (SSSR count). The van der Waals surface area contributed by atoms with E-state index in [-0.39, 0.29) is 25.9 Å². The highest BCUT2D eigenvalue weighted by atomic mass is 31.2.